The van der Waals surface area contributed by atoms with Crippen LogP contribution in [0.15, 0.2) is 42.7 Å². The highest BCUT2D eigenvalue weighted by Gasteiger charge is 2.19. The van der Waals surface area contributed by atoms with Crippen LogP contribution in [0, 0.1) is 6.92 Å². The maximum atomic E-state index is 5.83. The van der Waals surface area contributed by atoms with Gasteiger partial charge in [-0.05, 0) is 49.1 Å². The van der Waals surface area contributed by atoms with Crippen molar-refractivity contribution < 1.29 is 4.74 Å². The predicted molar refractivity (Wildman–Crippen MR) is 75.4 cm³/mol. The first-order valence-corrected chi connectivity index (χ1v) is 6.71. The highest BCUT2D eigenvalue weighted by Crippen LogP contribution is 2.23. The monoisotopic (exact) mass is 254 g/mol. The Morgan fingerprint density at radius 1 is 1.21 bits per heavy atom. The van der Waals surface area contributed by atoms with E-state index in [0.29, 0.717) is 6.04 Å². The van der Waals surface area contributed by atoms with E-state index in [4.69, 9.17) is 4.74 Å². The number of ether oxygens (including phenoxy) is 1. The van der Waals surface area contributed by atoms with Crippen LogP contribution in [0.5, 0.6) is 11.5 Å². The molecule has 1 aliphatic carbocycles. The van der Waals surface area contributed by atoms with E-state index in [1.807, 2.05) is 30.5 Å². The molecule has 98 valence electrons. The second-order valence-electron chi connectivity index (χ2n) is 5.10. The lowest BCUT2D eigenvalue weighted by Gasteiger charge is -2.08. The van der Waals surface area contributed by atoms with Gasteiger partial charge in [0.1, 0.15) is 11.5 Å². The summed E-state index contributed by atoms with van der Waals surface area (Å²) in [6.07, 6.45) is 6.24. The fourth-order valence-corrected chi connectivity index (χ4v) is 1.98. The summed E-state index contributed by atoms with van der Waals surface area (Å²) in [6.45, 7) is 2.92. The standard InChI is InChI=1S/C16H18N2O/c1-12-3-2-4-15(7-12)19-16-8-13(9-17-11-16)10-18-14-5-6-14/h2-4,7-9,11,14,18H,5-6,10H2,1H3. The minimum absolute atomic E-state index is 0.710. The summed E-state index contributed by atoms with van der Waals surface area (Å²) >= 11 is 0. The molecule has 0 amide bonds. The number of aromatic nitrogens is 1. The molecular formula is C16H18N2O. The molecule has 0 saturated heterocycles. The van der Waals surface area contributed by atoms with Crippen LogP contribution in [0.2, 0.25) is 0 Å². The molecule has 1 N–H and O–H groups in total. The molecule has 0 bridgehead atoms. The molecule has 3 rings (SSSR count). The van der Waals surface area contributed by atoms with Crippen molar-refractivity contribution in [2.75, 3.05) is 0 Å². The lowest BCUT2D eigenvalue weighted by molar-refractivity contribution is 0.478. The van der Waals surface area contributed by atoms with Crippen LogP contribution in [0.1, 0.15) is 24.0 Å². The summed E-state index contributed by atoms with van der Waals surface area (Å²) in [4.78, 5) is 4.24. The molecule has 1 aromatic heterocycles. The number of aryl methyl sites for hydroxylation is 1. The SMILES string of the molecule is Cc1cccc(Oc2cncc(CNC3CC3)c2)c1. The summed E-state index contributed by atoms with van der Waals surface area (Å²) < 4.78 is 5.83. The van der Waals surface area contributed by atoms with E-state index >= 15 is 0 Å². The molecule has 0 atom stereocenters. The van der Waals surface area contributed by atoms with Crippen molar-refractivity contribution in [1.29, 1.82) is 0 Å². The summed E-state index contributed by atoms with van der Waals surface area (Å²) in [5.74, 6) is 1.65. The molecule has 3 nitrogen and oxygen atoms in total. The second-order valence-corrected chi connectivity index (χ2v) is 5.10. The van der Waals surface area contributed by atoms with E-state index in [1.165, 1.54) is 18.4 Å². The first-order valence-electron chi connectivity index (χ1n) is 6.71. The Kier molecular flexibility index (Phi) is 3.47. The zero-order chi connectivity index (χ0) is 13.1. The molecule has 0 unspecified atom stereocenters. The summed E-state index contributed by atoms with van der Waals surface area (Å²) in [7, 11) is 0. The normalized spacial score (nSPS) is 14.4. The number of benzene rings is 1. The van der Waals surface area contributed by atoms with Crippen molar-refractivity contribution in [2.45, 2.75) is 32.4 Å². The largest absolute Gasteiger partial charge is 0.456 e. The van der Waals surface area contributed by atoms with Gasteiger partial charge in [-0.1, -0.05) is 12.1 Å². The van der Waals surface area contributed by atoms with Crippen molar-refractivity contribution in [2.24, 2.45) is 0 Å². The molecule has 1 aliphatic rings. The fourth-order valence-electron chi connectivity index (χ4n) is 1.98. The lowest BCUT2D eigenvalue weighted by atomic mass is 10.2. The Balaban J connectivity index is 1.67. The first kappa shape index (κ1) is 12.2. The number of nitrogens with zero attached hydrogens (tertiary/aromatic N) is 1. The summed E-state index contributed by atoms with van der Waals surface area (Å²) in [5, 5.41) is 3.48. The van der Waals surface area contributed by atoms with Gasteiger partial charge < -0.3 is 10.1 Å². The molecular weight excluding hydrogens is 236 g/mol. The van der Waals surface area contributed by atoms with Crippen LogP contribution in [0.25, 0.3) is 0 Å². The maximum absolute atomic E-state index is 5.83. The molecule has 0 spiro atoms. The van der Waals surface area contributed by atoms with Crippen molar-refractivity contribution in [3.05, 3.63) is 53.9 Å². The van der Waals surface area contributed by atoms with Crippen LogP contribution in [-0.4, -0.2) is 11.0 Å². The van der Waals surface area contributed by atoms with Gasteiger partial charge >= 0.3 is 0 Å². The van der Waals surface area contributed by atoms with E-state index in [-0.39, 0.29) is 0 Å². The van der Waals surface area contributed by atoms with Crippen LogP contribution < -0.4 is 10.1 Å². The Bertz CT molecular complexity index is 564. The van der Waals surface area contributed by atoms with Crippen molar-refractivity contribution in [3.63, 3.8) is 0 Å². The zero-order valence-electron chi connectivity index (χ0n) is 11.1. The third kappa shape index (κ3) is 3.55. The molecule has 3 heteroatoms. The van der Waals surface area contributed by atoms with Gasteiger partial charge in [0, 0.05) is 18.8 Å². The molecule has 1 heterocycles. The van der Waals surface area contributed by atoms with Crippen LogP contribution in [-0.2, 0) is 6.54 Å². The Labute approximate surface area is 113 Å². The number of hydrogen-bond donors (Lipinski definition) is 1. The predicted octanol–water partition coefficient (Wildman–Crippen LogP) is 3.43. The molecule has 1 aromatic carbocycles. The van der Waals surface area contributed by atoms with Gasteiger partial charge in [0.05, 0.1) is 6.20 Å². The van der Waals surface area contributed by atoms with Gasteiger partial charge in [-0.3, -0.25) is 4.98 Å². The molecule has 0 radical (unpaired) electrons. The van der Waals surface area contributed by atoms with Crippen molar-refractivity contribution in [1.82, 2.24) is 10.3 Å². The van der Waals surface area contributed by atoms with E-state index in [1.54, 1.807) is 6.20 Å². The first-order chi connectivity index (χ1) is 9.29. The lowest BCUT2D eigenvalue weighted by Crippen LogP contribution is -2.15. The van der Waals surface area contributed by atoms with Crippen LogP contribution >= 0.6 is 0 Å². The third-order valence-corrected chi connectivity index (χ3v) is 3.17. The highest BCUT2D eigenvalue weighted by molar-refractivity contribution is 5.33. The average molecular weight is 254 g/mol. The molecule has 1 fully saturated rings. The number of hydrogen-bond acceptors (Lipinski definition) is 3. The van der Waals surface area contributed by atoms with Crippen molar-refractivity contribution in [3.8, 4) is 11.5 Å². The van der Waals surface area contributed by atoms with Gasteiger partial charge in [-0.15, -0.1) is 0 Å². The molecule has 2 aromatic rings. The smallest absolute Gasteiger partial charge is 0.146 e. The van der Waals surface area contributed by atoms with Crippen molar-refractivity contribution >= 4 is 0 Å². The van der Waals surface area contributed by atoms with Crippen LogP contribution in [0.3, 0.4) is 0 Å². The Morgan fingerprint density at radius 2 is 2.11 bits per heavy atom. The van der Waals surface area contributed by atoms with Gasteiger partial charge in [0.25, 0.3) is 0 Å². The Morgan fingerprint density at radius 3 is 2.89 bits per heavy atom. The highest BCUT2D eigenvalue weighted by atomic mass is 16.5. The van der Waals surface area contributed by atoms with E-state index in [2.05, 4.69) is 23.3 Å². The van der Waals surface area contributed by atoms with Crippen LogP contribution in [0.4, 0.5) is 0 Å². The van der Waals surface area contributed by atoms with Gasteiger partial charge in [-0.2, -0.15) is 0 Å². The minimum Gasteiger partial charge on any atom is -0.456 e. The molecule has 0 aliphatic heterocycles. The number of nitrogens with one attached hydrogen (secondary N) is 1. The van der Waals surface area contributed by atoms with E-state index < -0.39 is 0 Å². The third-order valence-electron chi connectivity index (χ3n) is 3.17. The number of pyridine rings is 1. The van der Waals surface area contributed by atoms with Gasteiger partial charge in [-0.25, -0.2) is 0 Å². The minimum atomic E-state index is 0.710. The molecule has 1 saturated carbocycles. The maximum Gasteiger partial charge on any atom is 0.146 e. The molecule has 19 heavy (non-hydrogen) atoms. The van der Waals surface area contributed by atoms with Gasteiger partial charge in [0.15, 0.2) is 0 Å². The van der Waals surface area contributed by atoms with E-state index in [0.717, 1.165) is 23.6 Å². The topological polar surface area (TPSA) is 34.1 Å². The second kappa shape index (κ2) is 5.41. The quantitative estimate of drug-likeness (QED) is 0.887. The zero-order valence-corrected chi connectivity index (χ0v) is 11.1. The Hall–Kier alpha value is -1.87. The van der Waals surface area contributed by atoms with Gasteiger partial charge in [0.2, 0.25) is 0 Å². The van der Waals surface area contributed by atoms with E-state index in [9.17, 15) is 0 Å². The number of rotatable bonds is 5. The average Bonchev–Trinajstić information content (AvgIpc) is 3.21. The summed E-state index contributed by atoms with van der Waals surface area (Å²) in [5.41, 5.74) is 2.36. The fraction of sp³-hybridized carbons (Fsp3) is 0.312. The summed E-state index contributed by atoms with van der Waals surface area (Å²) in [6, 6.07) is 10.8.